The van der Waals surface area contributed by atoms with Crippen molar-refractivity contribution in [3.8, 4) is 0 Å². The highest BCUT2D eigenvalue weighted by Crippen LogP contribution is 2.36. The van der Waals surface area contributed by atoms with Gasteiger partial charge in [-0.15, -0.1) is 0 Å². The molecule has 0 bridgehead atoms. The summed E-state index contributed by atoms with van der Waals surface area (Å²) in [5.41, 5.74) is 2.69. The second kappa shape index (κ2) is 5.07. The third-order valence-corrected chi connectivity index (χ3v) is 4.32. The molecule has 1 heterocycles. The Morgan fingerprint density at radius 1 is 1.25 bits per heavy atom. The van der Waals surface area contributed by atoms with Crippen LogP contribution in [0.25, 0.3) is 11.1 Å². The number of aromatic amines is 1. The Hall–Kier alpha value is -1.59. The molecule has 1 unspecified atom stereocenters. The van der Waals surface area contributed by atoms with Crippen molar-refractivity contribution in [3.63, 3.8) is 0 Å². The van der Waals surface area contributed by atoms with Crippen molar-refractivity contribution < 1.29 is 8.81 Å². The van der Waals surface area contributed by atoms with Gasteiger partial charge in [0, 0.05) is 5.02 Å². The van der Waals surface area contributed by atoms with E-state index in [0.717, 1.165) is 11.1 Å². The van der Waals surface area contributed by atoms with Crippen molar-refractivity contribution in [1.29, 1.82) is 0 Å². The SMILES string of the molecule is O=c1[nH]c2ccc(C(Br)c3ccc(F)cc3Cl)cc2o1. The van der Waals surface area contributed by atoms with Crippen molar-refractivity contribution in [2.75, 3.05) is 0 Å². The van der Waals surface area contributed by atoms with Crippen LogP contribution in [0.3, 0.4) is 0 Å². The van der Waals surface area contributed by atoms with E-state index in [0.29, 0.717) is 16.1 Å². The van der Waals surface area contributed by atoms with Crippen molar-refractivity contribution in [3.05, 3.63) is 68.9 Å². The van der Waals surface area contributed by atoms with Crippen LogP contribution in [0.15, 0.2) is 45.6 Å². The zero-order chi connectivity index (χ0) is 14.3. The predicted octanol–water partition coefficient (Wildman–Crippen LogP) is 4.40. The fraction of sp³-hybridized carbons (Fsp3) is 0.0714. The number of halogens is 3. The normalized spacial score (nSPS) is 12.8. The fourth-order valence-corrected chi connectivity index (χ4v) is 3.10. The van der Waals surface area contributed by atoms with Gasteiger partial charge in [0.05, 0.1) is 10.3 Å². The Balaban J connectivity index is 2.06. The Morgan fingerprint density at radius 3 is 2.80 bits per heavy atom. The zero-order valence-electron chi connectivity index (χ0n) is 9.99. The molecule has 1 aromatic heterocycles. The average Bonchev–Trinajstić information content (AvgIpc) is 2.77. The van der Waals surface area contributed by atoms with Crippen molar-refractivity contribution in [2.24, 2.45) is 0 Å². The summed E-state index contributed by atoms with van der Waals surface area (Å²) in [7, 11) is 0. The molecule has 102 valence electrons. The molecule has 20 heavy (non-hydrogen) atoms. The van der Waals surface area contributed by atoms with Crippen LogP contribution in [0.5, 0.6) is 0 Å². The molecule has 0 radical (unpaired) electrons. The molecular weight excluding hydrogens is 349 g/mol. The maximum Gasteiger partial charge on any atom is 0.417 e. The van der Waals surface area contributed by atoms with Crippen LogP contribution in [-0.4, -0.2) is 4.98 Å². The summed E-state index contributed by atoms with van der Waals surface area (Å²) in [6, 6.07) is 9.57. The Morgan fingerprint density at radius 2 is 2.05 bits per heavy atom. The lowest BCUT2D eigenvalue weighted by Gasteiger charge is -2.12. The maximum atomic E-state index is 13.1. The van der Waals surface area contributed by atoms with E-state index in [1.807, 2.05) is 6.07 Å². The van der Waals surface area contributed by atoms with Crippen LogP contribution in [0.1, 0.15) is 16.0 Å². The van der Waals surface area contributed by atoms with Gasteiger partial charge in [-0.25, -0.2) is 9.18 Å². The van der Waals surface area contributed by atoms with Crippen molar-refractivity contribution >= 4 is 38.6 Å². The summed E-state index contributed by atoms with van der Waals surface area (Å²) in [6.07, 6.45) is 0. The van der Waals surface area contributed by atoms with E-state index in [9.17, 15) is 9.18 Å². The van der Waals surface area contributed by atoms with E-state index < -0.39 is 5.76 Å². The molecule has 0 spiro atoms. The quantitative estimate of drug-likeness (QED) is 0.692. The number of nitrogens with one attached hydrogen (secondary N) is 1. The lowest BCUT2D eigenvalue weighted by Crippen LogP contribution is -1.94. The van der Waals surface area contributed by atoms with E-state index in [1.165, 1.54) is 12.1 Å². The monoisotopic (exact) mass is 355 g/mol. The molecule has 3 aromatic rings. The van der Waals surface area contributed by atoms with Gasteiger partial charge >= 0.3 is 5.76 Å². The van der Waals surface area contributed by atoms with E-state index >= 15 is 0 Å². The topological polar surface area (TPSA) is 46.0 Å². The molecule has 0 aliphatic heterocycles. The summed E-state index contributed by atoms with van der Waals surface area (Å²) in [5.74, 6) is -0.881. The maximum absolute atomic E-state index is 13.1. The highest BCUT2D eigenvalue weighted by atomic mass is 79.9. The lowest BCUT2D eigenvalue weighted by atomic mass is 10.0. The summed E-state index contributed by atoms with van der Waals surface area (Å²) in [6.45, 7) is 0. The molecule has 0 saturated heterocycles. The van der Waals surface area contributed by atoms with Gasteiger partial charge in [0.2, 0.25) is 0 Å². The first kappa shape index (κ1) is 13.4. The molecule has 0 fully saturated rings. The van der Waals surface area contributed by atoms with Gasteiger partial charge in [0.1, 0.15) is 5.82 Å². The number of aromatic nitrogens is 1. The molecule has 3 rings (SSSR count). The number of hydrogen-bond acceptors (Lipinski definition) is 2. The van der Waals surface area contributed by atoms with Gasteiger partial charge in [-0.1, -0.05) is 39.7 Å². The van der Waals surface area contributed by atoms with E-state index in [1.54, 1.807) is 18.2 Å². The number of H-pyrrole nitrogens is 1. The highest BCUT2D eigenvalue weighted by molar-refractivity contribution is 9.09. The molecule has 1 atom stereocenters. The minimum Gasteiger partial charge on any atom is -0.408 e. The number of benzene rings is 2. The average molecular weight is 357 g/mol. The molecular formula is C14H8BrClFNO2. The van der Waals surface area contributed by atoms with E-state index in [2.05, 4.69) is 20.9 Å². The smallest absolute Gasteiger partial charge is 0.408 e. The first-order valence-electron chi connectivity index (χ1n) is 5.76. The van der Waals surface area contributed by atoms with Gasteiger partial charge < -0.3 is 4.42 Å². The Labute approximate surface area is 126 Å². The second-order valence-corrected chi connectivity index (χ2v) is 5.62. The molecule has 0 amide bonds. The molecule has 0 saturated carbocycles. The van der Waals surface area contributed by atoms with Gasteiger partial charge in [-0.3, -0.25) is 4.98 Å². The molecule has 3 nitrogen and oxygen atoms in total. The minimum absolute atomic E-state index is 0.222. The number of oxazole rings is 1. The largest absolute Gasteiger partial charge is 0.417 e. The molecule has 6 heteroatoms. The first-order valence-corrected chi connectivity index (χ1v) is 7.06. The number of hydrogen-bond donors (Lipinski definition) is 1. The van der Waals surface area contributed by atoms with Gasteiger partial charge in [0.25, 0.3) is 0 Å². The van der Waals surface area contributed by atoms with Crippen LogP contribution in [-0.2, 0) is 0 Å². The van der Waals surface area contributed by atoms with Crippen LogP contribution >= 0.6 is 27.5 Å². The molecule has 1 N–H and O–H groups in total. The van der Waals surface area contributed by atoms with Crippen molar-refractivity contribution in [1.82, 2.24) is 4.98 Å². The predicted molar refractivity (Wildman–Crippen MR) is 79.0 cm³/mol. The van der Waals surface area contributed by atoms with Crippen LogP contribution in [0.4, 0.5) is 4.39 Å². The summed E-state index contributed by atoms with van der Waals surface area (Å²) < 4.78 is 18.1. The van der Waals surface area contributed by atoms with E-state index in [4.69, 9.17) is 16.0 Å². The number of fused-ring (bicyclic) bond motifs is 1. The number of alkyl halides is 1. The van der Waals surface area contributed by atoms with Gasteiger partial charge in [-0.05, 0) is 35.4 Å². The standard InChI is InChI=1S/C14H8BrClFNO2/c15-13(9-3-2-8(17)6-10(9)16)7-1-4-11-12(5-7)20-14(19)18-11/h1-6,13H,(H,18,19). The zero-order valence-corrected chi connectivity index (χ0v) is 12.3. The first-order chi connectivity index (χ1) is 9.54. The van der Waals surface area contributed by atoms with Crippen LogP contribution in [0.2, 0.25) is 5.02 Å². The molecule has 2 aromatic carbocycles. The third kappa shape index (κ3) is 2.39. The van der Waals surface area contributed by atoms with Gasteiger partial charge in [-0.2, -0.15) is 0 Å². The fourth-order valence-electron chi connectivity index (χ4n) is 2.01. The van der Waals surface area contributed by atoms with E-state index in [-0.39, 0.29) is 10.6 Å². The molecule has 0 aliphatic rings. The summed E-state index contributed by atoms with van der Waals surface area (Å²) in [4.78, 5) is 13.5. The van der Waals surface area contributed by atoms with Gasteiger partial charge in [0.15, 0.2) is 5.58 Å². The highest BCUT2D eigenvalue weighted by Gasteiger charge is 2.15. The lowest BCUT2D eigenvalue weighted by molar-refractivity contribution is 0.555. The summed E-state index contributed by atoms with van der Waals surface area (Å²) in [5, 5.41) is 0.336. The minimum atomic E-state index is -0.497. The molecule has 0 aliphatic carbocycles. The Bertz CT molecular complexity index is 843. The Kier molecular flexibility index (Phi) is 3.40. The summed E-state index contributed by atoms with van der Waals surface area (Å²) >= 11 is 9.57. The number of rotatable bonds is 2. The second-order valence-electron chi connectivity index (χ2n) is 4.30. The third-order valence-electron chi connectivity index (χ3n) is 2.97. The van der Waals surface area contributed by atoms with Crippen LogP contribution in [0, 0.1) is 5.82 Å². The van der Waals surface area contributed by atoms with Crippen molar-refractivity contribution in [2.45, 2.75) is 4.83 Å². The van der Waals surface area contributed by atoms with Crippen LogP contribution < -0.4 is 5.76 Å².